The van der Waals surface area contributed by atoms with E-state index in [-0.39, 0.29) is 44.0 Å². The van der Waals surface area contributed by atoms with Gasteiger partial charge in [-0.25, -0.2) is 0 Å². The number of rotatable bonds is 2. The summed E-state index contributed by atoms with van der Waals surface area (Å²) in [6.07, 6.45) is 0. The molecule has 3 nitrogen and oxygen atoms in total. The number of hydrogen-bond donors (Lipinski definition) is 1. The van der Waals surface area contributed by atoms with Gasteiger partial charge in [-0.1, -0.05) is 35.7 Å². The predicted octanol–water partition coefficient (Wildman–Crippen LogP) is 3.56. The van der Waals surface area contributed by atoms with Crippen molar-refractivity contribution in [3.05, 3.63) is 72.3 Å². The SMILES string of the molecule is O=C(Oc1ccccc1)c1c[c-]c2ccccc2c1O.[Y]. The van der Waals surface area contributed by atoms with Gasteiger partial charge in [0.25, 0.3) is 0 Å². The fraction of sp³-hybridized carbons (Fsp3) is 0. The second kappa shape index (κ2) is 6.83. The maximum absolute atomic E-state index is 12.1. The average molecular weight is 352 g/mol. The van der Waals surface area contributed by atoms with Crippen LogP contribution in [0.4, 0.5) is 0 Å². The first-order chi connectivity index (χ1) is 9.75. The van der Waals surface area contributed by atoms with E-state index in [0.717, 1.165) is 5.39 Å². The topological polar surface area (TPSA) is 46.5 Å². The summed E-state index contributed by atoms with van der Waals surface area (Å²) in [4.78, 5) is 12.1. The number of esters is 1. The molecule has 0 fully saturated rings. The minimum atomic E-state index is -0.601. The molecule has 0 aliphatic rings. The molecule has 21 heavy (non-hydrogen) atoms. The normalized spacial score (nSPS) is 9.90. The number of aromatic hydroxyl groups is 1. The summed E-state index contributed by atoms with van der Waals surface area (Å²) in [7, 11) is 0. The third-order valence-corrected chi connectivity index (χ3v) is 2.98. The van der Waals surface area contributed by atoms with Crippen LogP contribution in [0.25, 0.3) is 10.8 Å². The van der Waals surface area contributed by atoms with Gasteiger partial charge >= 0.3 is 5.97 Å². The Morgan fingerprint density at radius 1 is 1.00 bits per heavy atom. The van der Waals surface area contributed by atoms with E-state index in [1.54, 1.807) is 36.4 Å². The van der Waals surface area contributed by atoms with Crippen molar-refractivity contribution in [2.24, 2.45) is 0 Å². The quantitative estimate of drug-likeness (QED) is 0.436. The van der Waals surface area contributed by atoms with Gasteiger partial charge in [-0.2, -0.15) is 0 Å². The van der Waals surface area contributed by atoms with Crippen molar-refractivity contribution in [1.29, 1.82) is 0 Å². The Balaban J connectivity index is 0.00000161. The minimum Gasteiger partial charge on any atom is -0.526 e. The van der Waals surface area contributed by atoms with Crippen molar-refractivity contribution in [2.75, 3.05) is 0 Å². The van der Waals surface area contributed by atoms with Crippen molar-refractivity contribution >= 4 is 16.7 Å². The largest absolute Gasteiger partial charge is 0.526 e. The van der Waals surface area contributed by atoms with E-state index in [9.17, 15) is 9.90 Å². The molecule has 0 heterocycles. The van der Waals surface area contributed by atoms with Crippen molar-refractivity contribution in [3.8, 4) is 11.5 Å². The zero-order chi connectivity index (χ0) is 13.9. The van der Waals surface area contributed by atoms with Crippen LogP contribution in [0.1, 0.15) is 10.4 Å². The van der Waals surface area contributed by atoms with Crippen molar-refractivity contribution in [3.63, 3.8) is 0 Å². The Morgan fingerprint density at radius 3 is 2.43 bits per heavy atom. The summed E-state index contributed by atoms with van der Waals surface area (Å²) in [6.45, 7) is 0. The van der Waals surface area contributed by atoms with Crippen molar-refractivity contribution in [2.45, 2.75) is 0 Å². The molecule has 1 radical (unpaired) electrons. The molecule has 0 aliphatic heterocycles. The number of phenols is 1. The standard InChI is InChI=1S/C17H11O3.Y/c18-16-14-9-5-4-6-12(14)10-11-15(16)17(19)20-13-7-2-1-3-8-13;/h1-9,11,18H;/q-1;. The molecule has 4 heteroatoms. The smallest absolute Gasteiger partial charge is 0.304 e. The zero-order valence-electron chi connectivity index (χ0n) is 11.1. The van der Waals surface area contributed by atoms with E-state index in [1.807, 2.05) is 18.2 Å². The molecule has 0 unspecified atom stereocenters. The summed E-state index contributed by atoms with van der Waals surface area (Å²) in [5, 5.41) is 11.5. The molecule has 0 atom stereocenters. The van der Waals surface area contributed by atoms with E-state index < -0.39 is 5.97 Å². The van der Waals surface area contributed by atoms with E-state index in [4.69, 9.17) is 4.74 Å². The average Bonchev–Trinajstić information content (AvgIpc) is 2.49. The number of phenolic OH excluding ortho intramolecular Hbond substituents is 1. The molecule has 3 aromatic carbocycles. The van der Waals surface area contributed by atoms with E-state index in [0.29, 0.717) is 11.1 Å². The van der Waals surface area contributed by atoms with E-state index in [1.165, 1.54) is 6.07 Å². The van der Waals surface area contributed by atoms with Gasteiger partial charge in [0.2, 0.25) is 0 Å². The molecule has 0 bridgehead atoms. The van der Waals surface area contributed by atoms with Crippen LogP contribution in [-0.2, 0) is 32.7 Å². The molecule has 0 aliphatic carbocycles. The molecule has 3 aromatic rings. The second-order valence-electron chi connectivity index (χ2n) is 4.30. The Labute approximate surface area is 147 Å². The third kappa shape index (κ3) is 3.31. The second-order valence-corrected chi connectivity index (χ2v) is 4.30. The van der Waals surface area contributed by atoms with E-state index in [2.05, 4.69) is 6.07 Å². The van der Waals surface area contributed by atoms with Crippen molar-refractivity contribution < 1.29 is 47.3 Å². The maximum atomic E-state index is 12.1. The van der Waals surface area contributed by atoms with Gasteiger partial charge in [-0.15, -0.1) is 29.7 Å². The van der Waals surface area contributed by atoms with Gasteiger partial charge in [-0.3, -0.25) is 4.79 Å². The number of carbonyl (C=O) groups is 1. The fourth-order valence-electron chi connectivity index (χ4n) is 1.98. The monoisotopic (exact) mass is 352 g/mol. The number of hydrogen-bond acceptors (Lipinski definition) is 3. The van der Waals surface area contributed by atoms with E-state index >= 15 is 0 Å². The number of benzene rings is 3. The Morgan fingerprint density at radius 2 is 1.67 bits per heavy atom. The van der Waals surface area contributed by atoms with Crippen molar-refractivity contribution in [1.82, 2.24) is 0 Å². The fourth-order valence-corrected chi connectivity index (χ4v) is 1.98. The molecular weight excluding hydrogens is 341 g/mol. The van der Waals surface area contributed by atoms with Gasteiger partial charge in [0.1, 0.15) is 5.75 Å². The number of fused-ring (bicyclic) bond motifs is 1. The molecule has 0 spiro atoms. The third-order valence-electron chi connectivity index (χ3n) is 2.98. The Kier molecular flexibility index (Phi) is 5.10. The van der Waals surface area contributed by atoms with Crippen LogP contribution < -0.4 is 4.74 Å². The van der Waals surface area contributed by atoms with Gasteiger partial charge in [-0.05, 0) is 12.1 Å². The predicted molar refractivity (Wildman–Crippen MR) is 75.8 cm³/mol. The molecule has 3 rings (SSSR count). The van der Waals surface area contributed by atoms with Crippen LogP contribution in [0.5, 0.6) is 11.5 Å². The first kappa shape index (κ1) is 15.7. The summed E-state index contributed by atoms with van der Waals surface area (Å²) >= 11 is 0. The number of carbonyl (C=O) groups excluding carboxylic acids is 1. The molecule has 101 valence electrons. The summed E-state index contributed by atoms with van der Waals surface area (Å²) in [5.41, 5.74) is 0.104. The van der Waals surface area contributed by atoms with Crippen LogP contribution in [-0.4, -0.2) is 11.1 Å². The van der Waals surface area contributed by atoms with Gasteiger partial charge in [0.05, 0.1) is 5.75 Å². The van der Waals surface area contributed by atoms with Gasteiger partial charge in [0, 0.05) is 38.3 Å². The number of ether oxygens (including phenoxy) is 1. The molecular formula is C17H11O3Y-. The summed E-state index contributed by atoms with van der Waals surface area (Å²) < 4.78 is 5.21. The molecule has 0 saturated heterocycles. The molecule has 0 amide bonds. The number of para-hydroxylation sites is 1. The van der Waals surface area contributed by atoms with Crippen LogP contribution >= 0.6 is 0 Å². The summed E-state index contributed by atoms with van der Waals surface area (Å²) in [6, 6.07) is 20.4. The Bertz CT molecular complexity index is 769. The zero-order valence-corrected chi connectivity index (χ0v) is 14.0. The van der Waals surface area contributed by atoms with Gasteiger partial charge < -0.3 is 9.84 Å². The maximum Gasteiger partial charge on any atom is 0.304 e. The molecule has 0 saturated carbocycles. The molecule has 0 aromatic heterocycles. The Hall–Kier alpha value is -1.71. The first-order valence-corrected chi connectivity index (χ1v) is 6.15. The minimum absolute atomic E-state index is 0. The summed E-state index contributed by atoms with van der Waals surface area (Å²) in [5.74, 6) is -0.249. The molecule has 1 N–H and O–H groups in total. The first-order valence-electron chi connectivity index (χ1n) is 6.15. The van der Waals surface area contributed by atoms with Crippen LogP contribution in [0.3, 0.4) is 0 Å². The van der Waals surface area contributed by atoms with Crippen LogP contribution in [0, 0.1) is 6.07 Å². The van der Waals surface area contributed by atoms with Gasteiger partial charge in [0.15, 0.2) is 0 Å². The van der Waals surface area contributed by atoms with Crippen LogP contribution in [0.2, 0.25) is 0 Å². The van der Waals surface area contributed by atoms with Crippen LogP contribution in [0.15, 0.2) is 60.7 Å².